The maximum atomic E-state index is 7.49. The van der Waals surface area contributed by atoms with E-state index in [-0.39, 0.29) is 0 Å². The zero-order valence-electron chi connectivity index (χ0n) is 10.2. The third-order valence-corrected chi connectivity index (χ3v) is 2.29. The highest BCUT2D eigenvalue weighted by atomic mass is 15.1. The summed E-state index contributed by atoms with van der Waals surface area (Å²) in [6, 6.07) is 7.51. The normalized spacial score (nSPS) is 15.7. The summed E-state index contributed by atoms with van der Waals surface area (Å²) in [6.45, 7) is -0.308. The summed E-state index contributed by atoms with van der Waals surface area (Å²) in [4.78, 5) is 0. The Bertz CT molecular complexity index is 511. The van der Waals surface area contributed by atoms with Gasteiger partial charge in [-0.1, -0.05) is 12.1 Å². The Morgan fingerprint density at radius 3 is 2.92 bits per heavy atom. The molecule has 62 valence electrons. The van der Waals surface area contributed by atoms with E-state index < -0.39 is 6.98 Å². The van der Waals surface area contributed by atoms with Gasteiger partial charge in [-0.15, -0.1) is 0 Å². The molecule has 0 radical (unpaired) electrons. The van der Waals surface area contributed by atoms with Crippen LogP contribution in [-0.2, 0) is 14.0 Å². The molecule has 1 aromatic carbocycles. The second-order valence-corrected chi connectivity index (χ2v) is 2.93. The highest BCUT2D eigenvalue weighted by Gasteiger charge is 2.13. The molecule has 0 spiro atoms. The van der Waals surface area contributed by atoms with Crippen LogP contribution in [0, 0.1) is 6.92 Å². The topological polar surface area (TPSA) is 8.81 Å². The minimum Gasteiger partial charge on any atom is -0.230 e. The highest BCUT2D eigenvalue weighted by molar-refractivity contribution is 5.71. The maximum absolute atomic E-state index is 7.49. The molecular formula is C10H13N2+. The number of aromatic nitrogens is 2. The molecule has 0 aliphatic carbocycles. The van der Waals surface area contributed by atoms with Gasteiger partial charge in [0.2, 0.25) is 0 Å². The van der Waals surface area contributed by atoms with Gasteiger partial charge in [0.15, 0.2) is 11.0 Å². The molecular weight excluding hydrogens is 148 g/mol. The van der Waals surface area contributed by atoms with Crippen LogP contribution in [0.1, 0.15) is 9.94 Å². The molecule has 0 aliphatic rings. The van der Waals surface area contributed by atoms with Crippen LogP contribution in [0.3, 0.4) is 0 Å². The summed E-state index contributed by atoms with van der Waals surface area (Å²) >= 11 is 0. The van der Waals surface area contributed by atoms with Gasteiger partial charge in [-0.25, -0.2) is 9.13 Å². The number of imidazole rings is 1. The number of para-hydroxylation sites is 2. The molecule has 0 saturated heterocycles. The van der Waals surface area contributed by atoms with Crippen LogP contribution >= 0.6 is 0 Å². The van der Waals surface area contributed by atoms with E-state index >= 15 is 0 Å². The molecule has 0 fully saturated rings. The maximum Gasteiger partial charge on any atom is 0.253 e. The summed E-state index contributed by atoms with van der Waals surface area (Å²) in [7, 11) is 1.87. The van der Waals surface area contributed by atoms with Gasteiger partial charge in [0.25, 0.3) is 5.82 Å². The van der Waals surface area contributed by atoms with Crippen LogP contribution in [0.15, 0.2) is 24.3 Å². The van der Waals surface area contributed by atoms with Crippen LogP contribution in [0.25, 0.3) is 11.0 Å². The smallest absolute Gasteiger partial charge is 0.230 e. The van der Waals surface area contributed by atoms with E-state index in [4.69, 9.17) is 4.11 Å². The second kappa shape index (κ2) is 2.34. The van der Waals surface area contributed by atoms with Crippen molar-refractivity contribution >= 4 is 11.0 Å². The first-order valence-electron chi connectivity index (χ1n) is 5.39. The standard InChI is InChI=1S/C10H13N2/c1-8-11(2)9-6-4-5-7-10(9)12(8)3/h4-7H,1-3H3/q+1/i2D3. The van der Waals surface area contributed by atoms with Crippen molar-refractivity contribution in [2.75, 3.05) is 0 Å². The van der Waals surface area contributed by atoms with Crippen molar-refractivity contribution in [3.63, 3.8) is 0 Å². The van der Waals surface area contributed by atoms with Crippen LogP contribution < -0.4 is 4.57 Å². The number of hydrogen-bond acceptors (Lipinski definition) is 0. The predicted molar refractivity (Wildman–Crippen MR) is 48.8 cm³/mol. The average molecular weight is 164 g/mol. The quantitative estimate of drug-likeness (QED) is 0.519. The lowest BCUT2D eigenvalue weighted by atomic mass is 10.3. The molecule has 1 aromatic heterocycles. The molecule has 2 heteroatoms. The lowest BCUT2D eigenvalue weighted by Crippen LogP contribution is -2.30. The number of benzene rings is 1. The van der Waals surface area contributed by atoms with Gasteiger partial charge in [0, 0.05) is 6.92 Å². The molecule has 0 saturated carbocycles. The molecule has 2 nitrogen and oxygen atoms in total. The molecule has 0 atom stereocenters. The fourth-order valence-electron chi connectivity index (χ4n) is 1.44. The monoisotopic (exact) mass is 164 g/mol. The van der Waals surface area contributed by atoms with Gasteiger partial charge >= 0.3 is 0 Å². The van der Waals surface area contributed by atoms with Crippen molar-refractivity contribution < 1.29 is 8.68 Å². The second-order valence-electron chi connectivity index (χ2n) is 2.93. The SMILES string of the molecule is [2H]C([2H])([2H])n1c(C)[n+](C)c2ccccc21. The first-order chi connectivity index (χ1) is 6.93. The Hall–Kier alpha value is -1.31. The van der Waals surface area contributed by atoms with Crippen molar-refractivity contribution in [3.8, 4) is 0 Å². The van der Waals surface area contributed by atoms with Gasteiger partial charge in [0.1, 0.15) is 0 Å². The Kier molecular flexibility index (Phi) is 0.906. The van der Waals surface area contributed by atoms with Crippen molar-refractivity contribution in [1.29, 1.82) is 0 Å². The molecule has 1 heterocycles. The van der Waals surface area contributed by atoms with Gasteiger partial charge < -0.3 is 0 Å². The minimum atomic E-state index is -2.12. The molecule has 2 rings (SSSR count). The largest absolute Gasteiger partial charge is 0.253 e. The Morgan fingerprint density at radius 1 is 1.42 bits per heavy atom. The summed E-state index contributed by atoms with van der Waals surface area (Å²) < 4.78 is 25.8. The Balaban J connectivity index is 2.90. The average Bonchev–Trinajstić information content (AvgIpc) is 2.39. The summed E-state index contributed by atoms with van der Waals surface area (Å²) in [6.07, 6.45) is 0. The summed E-state index contributed by atoms with van der Waals surface area (Å²) in [5, 5.41) is 0. The molecule has 0 amide bonds. The minimum absolute atomic E-state index is 0.733. The number of fused-ring (bicyclic) bond motifs is 1. The van der Waals surface area contributed by atoms with E-state index in [1.807, 2.05) is 42.8 Å². The fourth-order valence-corrected chi connectivity index (χ4v) is 1.44. The Labute approximate surface area is 76.3 Å². The fraction of sp³-hybridized carbons (Fsp3) is 0.300. The van der Waals surface area contributed by atoms with E-state index in [0.717, 1.165) is 16.9 Å². The first-order valence-corrected chi connectivity index (χ1v) is 3.89. The highest BCUT2D eigenvalue weighted by Crippen LogP contribution is 2.10. The van der Waals surface area contributed by atoms with Crippen molar-refractivity contribution in [3.05, 3.63) is 30.1 Å². The lowest BCUT2D eigenvalue weighted by Gasteiger charge is -1.86. The predicted octanol–water partition coefficient (Wildman–Crippen LogP) is 1.31. The molecule has 12 heavy (non-hydrogen) atoms. The van der Waals surface area contributed by atoms with Gasteiger partial charge in [-0.05, 0) is 12.1 Å². The van der Waals surface area contributed by atoms with Crippen molar-refractivity contribution in [1.82, 2.24) is 4.57 Å². The van der Waals surface area contributed by atoms with Crippen molar-refractivity contribution in [2.24, 2.45) is 14.0 Å². The van der Waals surface area contributed by atoms with Crippen molar-refractivity contribution in [2.45, 2.75) is 6.92 Å². The first kappa shape index (κ1) is 4.65. The van der Waals surface area contributed by atoms with Crippen LogP contribution in [0.5, 0.6) is 0 Å². The van der Waals surface area contributed by atoms with Gasteiger partial charge in [-0.3, -0.25) is 0 Å². The number of nitrogens with zero attached hydrogens (tertiary/aromatic N) is 2. The molecule has 0 unspecified atom stereocenters. The van der Waals surface area contributed by atoms with Crippen LogP contribution in [0.2, 0.25) is 0 Å². The zero-order chi connectivity index (χ0) is 11.2. The number of hydrogen-bond donors (Lipinski definition) is 0. The van der Waals surface area contributed by atoms with Crippen LogP contribution in [-0.4, -0.2) is 4.57 Å². The van der Waals surface area contributed by atoms with E-state index in [1.165, 1.54) is 4.57 Å². The van der Waals surface area contributed by atoms with E-state index in [1.54, 1.807) is 0 Å². The molecule has 0 aliphatic heterocycles. The molecule has 0 N–H and O–H groups in total. The summed E-state index contributed by atoms with van der Waals surface area (Å²) in [5.41, 5.74) is 1.68. The third-order valence-electron chi connectivity index (χ3n) is 2.29. The number of aryl methyl sites for hydroxylation is 2. The van der Waals surface area contributed by atoms with Gasteiger partial charge in [-0.2, -0.15) is 0 Å². The Morgan fingerprint density at radius 2 is 2.17 bits per heavy atom. The van der Waals surface area contributed by atoms with Gasteiger partial charge in [0.05, 0.1) is 18.1 Å². The zero-order valence-corrected chi connectivity index (χ0v) is 7.20. The number of rotatable bonds is 0. The van der Waals surface area contributed by atoms with E-state index in [9.17, 15) is 0 Å². The van der Waals surface area contributed by atoms with E-state index in [0.29, 0.717) is 0 Å². The van der Waals surface area contributed by atoms with E-state index in [2.05, 4.69) is 0 Å². The third kappa shape index (κ3) is 0.779. The molecule has 0 bridgehead atoms. The molecule has 2 aromatic rings. The van der Waals surface area contributed by atoms with Crippen LogP contribution in [0.4, 0.5) is 0 Å². The summed E-state index contributed by atoms with van der Waals surface area (Å²) in [5.74, 6) is 0.733. The lowest BCUT2D eigenvalue weighted by molar-refractivity contribution is -0.652.